The molecule has 0 spiro atoms. The Morgan fingerprint density at radius 1 is 0.500 bits per heavy atom. The number of aromatic nitrogens is 6. The molecule has 2 amide bonds. The van der Waals surface area contributed by atoms with Crippen molar-refractivity contribution >= 4 is 46.4 Å². The molecule has 0 unspecified atom stereocenters. The van der Waals surface area contributed by atoms with Crippen molar-refractivity contribution in [2.45, 2.75) is 45.7 Å². The molecule has 0 saturated heterocycles. The lowest BCUT2D eigenvalue weighted by Crippen LogP contribution is -2.29. The molecule has 0 saturated carbocycles. The third kappa shape index (κ3) is 21.2. The topological polar surface area (TPSA) is 266 Å². The van der Waals surface area contributed by atoms with Gasteiger partial charge in [-0.15, -0.1) is 20.4 Å². The van der Waals surface area contributed by atoms with Crippen molar-refractivity contribution in [2.75, 3.05) is 153 Å². The molecule has 4 aromatic carbocycles. The van der Waals surface area contributed by atoms with E-state index in [4.69, 9.17) is 90.4 Å². The van der Waals surface area contributed by atoms with Crippen LogP contribution in [0.1, 0.15) is 77.4 Å². The van der Waals surface area contributed by atoms with E-state index < -0.39 is 12.1 Å². The Hall–Kier alpha value is -6.78. The number of nitrogens with one attached hydrogen (secondary N) is 2. The van der Waals surface area contributed by atoms with Gasteiger partial charge in [-0.05, 0) is 81.4 Å². The summed E-state index contributed by atoms with van der Waals surface area (Å²) >= 11 is 12.4. The minimum Gasteiger partial charge on any atom is -0.497 e. The summed E-state index contributed by atoms with van der Waals surface area (Å²) in [5, 5.41) is 33.2. The molecule has 0 aliphatic carbocycles. The van der Waals surface area contributed by atoms with E-state index in [-0.39, 0.29) is 31.3 Å². The molecular weight excluding hydrogens is 1180 g/mol. The predicted molar refractivity (Wildman–Crippen MR) is 330 cm³/mol. The lowest BCUT2D eigenvalue weighted by Gasteiger charge is -2.15. The Labute approximate surface area is 523 Å². The number of ether oxygens (including phenoxy) is 11. The molecule has 2 aliphatic heterocycles. The third-order valence-electron chi connectivity index (χ3n) is 13.4. The predicted octanol–water partition coefficient (Wildman–Crippen LogP) is 6.43. The Balaban J connectivity index is 0.000000260. The minimum atomic E-state index is -0.584. The number of aryl methyl sites for hydroxylation is 2. The van der Waals surface area contributed by atoms with E-state index in [0.29, 0.717) is 188 Å². The van der Waals surface area contributed by atoms with Crippen LogP contribution in [0.2, 0.25) is 10.0 Å². The number of halogens is 2. The number of aliphatic hydroxyl groups is 1. The van der Waals surface area contributed by atoms with Crippen molar-refractivity contribution < 1.29 is 66.8 Å². The van der Waals surface area contributed by atoms with E-state index in [1.165, 1.54) is 0 Å². The number of benzene rings is 4. The molecule has 0 fully saturated rings. The summed E-state index contributed by atoms with van der Waals surface area (Å²) in [5.41, 5.74) is 6.49. The van der Waals surface area contributed by atoms with Crippen LogP contribution in [0.3, 0.4) is 0 Å². The zero-order valence-electron chi connectivity index (χ0n) is 50.6. The summed E-state index contributed by atoms with van der Waals surface area (Å²) in [6.45, 7) is 14.7. The number of hydrogen-bond acceptors (Lipinski definition) is 20. The number of rotatable bonds is 38. The summed E-state index contributed by atoms with van der Waals surface area (Å²) in [6, 6.07) is 25.3. The summed E-state index contributed by atoms with van der Waals surface area (Å²) in [5.74, 6) is 3.61. The van der Waals surface area contributed by atoms with E-state index in [1.807, 2.05) is 115 Å². The van der Waals surface area contributed by atoms with Gasteiger partial charge in [0.1, 0.15) is 41.8 Å². The first kappa shape index (κ1) is 68.7. The number of aliphatic hydroxyl groups excluding tert-OH is 1. The maximum atomic E-state index is 13.1. The van der Waals surface area contributed by atoms with Gasteiger partial charge in [-0.3, -0.25) is 28.7 Å². The number of aliphatic imine (C=N–C) groups is 2. The fourth-order valence-corrected chi connectivity index (χ4v) is 9.47. The smallest absolute Gasteiger partial charge is 0.222 e. The number of fused-ring (bicyclic) bond motifs is 6. The minimum absolute atomic E-state index is 0.00834. The van der Waals surface area contributed by atoms with Gasteiger partial charge in [-0.2, -0.15) is 0 Å². The number of amides is 2. The summed E-state index contributed by atoms with van der Waals surface area (Å²) in [7, 11) is 3.26. The zero-order chi connectivity index (χ0) is 62.3. The van der Waals surface area contributed by atoms with Crippen molar-refractivity contribution in [2.24, 2.45) is 9.98 Å². The molecule has 8 rings (SSSR count). The molecule has 6 aromatic rings. The van der Waals surface area contributed by atoms with Crippen LogP contribution in [0.4, 0.5) is 0 Å². The Bertz CT molecular complexity index is 3150. The maximum absolute atomic E-state index is 13.1. The first-order valence-electron chi connectivity index (χ1n) is 29.3. The fraction of sp³-hybridized carbons (Fsp3) is 0.484. The molecule has 2 atom stereocenters. The van der Waals surface area contributed by atoms with Gasteiger partial charge >= 0.3 is 0 Å². The van der Waals surface area contributed by atoms with Gasteiger partial charge in [-0.25, -0.2) is 0 Å². The van der Waals surface area contributed by atoms with Gasteiger partial charge in [0.15, 0.2) is 11.6 Å². The highest BCUT2D eigenvalue weighted by Gasteiger charge is 2.32. The van der Waals surface area contributed by atoms with Gasteiger partial charge in [0.05, 0.1) is 162 Å². The number of nitrogens with zero attached hydrogens (tertiary/aromatic N) is 8. The van der Waals surface area contributed by atoms with Gasteiger partial charge in [0.25, 0.3) is 0 Å². The van der Waals surface area contributed by atoms with Crippen LogP contribution in [0.25, 0.3) is 11.4 Å². The van der Waals surface area contributed by atoms with Crippen LogP contribution in [-0.4, -0.2) is 211 Å². The molecule has 26 heteroatoms. The van der Waals surface area contributed by atoms with Crippen LogP contribution in [0.15, 0.2) is 94.9 Å². The van der Waals surface area contributed by atoms with Crippen LogP contribution < -0.4 is 20.1 Å². The second-order valence-corrected chi connectivity index (χ2v) is 20.5. The van der Waals surface area contributed by atoms with Crippen molar-refractivity contribution in [3.05, 3.63) is 141 Å². The SMILES string of the molecule is CCNC(=O)C[C@@H]1N=C(c2ccc(Cl)cc2)c2cc(OCCOCCOCCO)ccc2-n2c(C)nnc21.COCCOCCOCCOCCOCCOCCOCCNC(=O)C[C@@H]1N=C(c2ccc(Cl)cc2)c2cc(OC)ccc2-n2c(C)nnc21. The highest BCUT2D eigenvalue weighted by molar-refractivity contribution is 6.31. The molecule has 476 valence electrons. The average molecular weight is 1260 g/mol. The molecular formula is C62H80Cl2N10O14. The van der Waals surface area contributed by atoms with Crippen molar-refractivity contribution in [3.8, 4) is 22.9 Å². The number of carbonyl (C=O) groups excluding carboxylic acids is 2. The first-order chi connectivity index (χ1) is 43.0. The van der Waals surface area contributed by atoms with Crippen LogP contribution in [0, 0.1) is 13.8 Å². The van der Waals surface area contributed by atoms with Gasteiger partial charge in [0, 0.05) is 52.5 Å². The Morgan fingerprint density at radius 2 is 0.898 bits per heavy atom. The quantitative estimate of drug-likeness (QED) is 0.0352. The first-order valence-corrected chi connectivity index (χ1v) is 30.0. The molecule has 2 aliphatic rings. The molecule has 88 heavy (non-hydrogen) atoms. The van der Waals surface area contributed by atoms with Crippen molar-refractivity contribution in [1.82, 2.24) is 40.2 Å². The van der Waals surface area contributed by atoms with Gasteiger partial charge in [0.2, 0.25) is 11.8 Å². The maximum Gasteiger partial charge on any atom is 0.222 e. The lowest BCUT2D eigenvalue weighted by atomic mass is 10.00. The highest BCUT2D eigenvalue weighted by atomic mass is 35.5. The van der Waals surface area contributed by atoms with E-state index in [0.717, 1.165) is 33.6 Å². The lowest BCUT2D eigenvalue weighted by molar-refractivity contribution is -0.122. The third-order valence-corrected chi connectivity index (χ3v) is 13.9. The van der Waals surface area contributed by atoms with Crippen LogP contribution >= 0.6 is 23.2 Å². The normalized spacial score (nSPS) is 14.0. The number of carbonyl (C=O) groups is 2. The molecule has 4 heterocycles. The van der Waals surface area contributed by atoms with Gasteiger partial charge < -0.3 is 67.8 Å². The molecule has 0 bridgehead atoms. The van der Waals surface area contributed by atoms with E-state index in [9.17, 15) is 9.59 Å². The molecule has 24 nitrogen and oxygen atoms in total. The Morgan fingerprint density at radius 3 is 1.33 bits per heavy atom. The van der Waals surface area contributed by atoms with Crippen molar-refractivity contribution in [3.63, 3.8) is 0 Å². The summed E-state index contributed by atoms with van der Waals surface area (Å²) in [4.78, 5) is 35.8. The average Bonchev–Trinajstić information content (AvgIpc) is 2.72. The molecule has 2 aromatic heterocycles. The molecule has 3 N–H and O–H groups in total. The van der Waals surface area contributed by atoms with Crippen LogP contribution in [-0.2, 0) is 52.2 Å². The Kier molecular flexibility index (Phi) is 29.6. The van der Waals surface area contributed by atoms with Crippen LogP contribution in [0.5, 0.6) is 11.5 Å². The second-order valence-electron chi connectivity index (χ2n) is 19.6. The monoisotopic (exact) mass is 1260 g/mol. The second kappa shape index (κ2) is 37.9. The number of hydrogen-bond donors (Lipinski definition) is 3. The van der Waals surface area contributed by atoms with E-state index in [1.54, 1.807) is 14.2 Å². The zero-order valence-corrected chi connectivity index (χ0v) is 52.1. The van der Waals surface area contributed by atoms with Gasteiger partial charge in [-0.1, -0.05) is 47.5 Å². The largest absolute Gasteiger partial charge is 0.497 e. The summed E-state index contributed by atoms with van der Waals surface area (Å²) in [6.07, 6.45) is 0.215. The highest BCUT2D eigenvalue weighted by Crippen LogP contribution is 2.36. The molecule has 0 radical (unpaired) electrons. The van der Waals surface area contributed by atoms with E-state index in [2.05, 4.69) is 31.0 Å². The van der Waals surface area contributed by atoms with E-state index >= 15 is 0 Å². The van der Waals surface area contributed by atoms with Crippen molar-refractivity contribution in [1.29, 1.82) is 0 Å². The number of methoxy groups -OCH3 is 2. The standard InChI is InChI=1S/C35H48ClN5O9.C27H32ClN5O5/c1-26-39-40-35-31(38-34(27-4-6-28(36)7-5-27)30-24-29(44-3)8-9-32(30)41(26)35)25-33(42)37-10-11-45-14-15-47-18-19-49-22-23-50-21-20-48-17-16-46-13-12-43-2;1-3-29-25(35)17-23-27-32-31-18(2)33(27)24-9-8-21(38-15-14-37-13-12-36-11-10-34)16-22(24)26(30-23)19-4-6-20(28)7-5-19/h4-9,24,31H,10-23,25H2,1-3H3,(H,37,42);4-9,16,23,34H,3,10-15,17H2,1-2H3,(H,29,35)/t31-;23-/m00/s1. The fourth-order valence-electron chi connectivity index (χ4n) is 9.22. The summed E-state index contributed by atoms with van der Waals surface area (Å²) < 4.78 is 63.9.